The second kappa shape index (κ2) is 6.14. The lowest BCUT2D eigenvalue weighted by Gasteiger charge is -2.51. The van der Waals surface area contributed by atoms with Crippen LogP contribution in [0.1, 0.15) is 12.8 Å². The SMILES string of the molecule is CN1CCN(c2ccc(-c3nccn3C)nn2)CC12CCOCC2. The molecule has 2 fully saturated rings. The Morgan fingerprint density at radius 3 is 2.58 bits per heavy atom. The second-order valence-electron chi connectivity index (χ2n) is 6.82. The Kier molecular flexibility index (Phi) is 3.97. The maximum Gasteiger partial charge on any atom is 0.160 e. The molecule has 0 unspecified atom stereocenters. The maximum atomic E-state index is 5.57. The molecule has 0 aromatic carbocycles. The summed E-state index contributed by atoms with van der Waals surface area (Å²) in [5.41, 5.74) is 1.01. The van der Waals surface area contributed by atoms with Crippen LogP contribution in [0, 0.1) is 0 Å². The van der Waals surface area contributed by atoms with Crippen molar-refractivity contribution in [3.05, 3.63) is 24.5 Å². The van der Waals surface area contributed by atoms with E-state index >= 15 is 0 Å². The van der Waals surface area contributed by atoms with E-state index in [1.807, 2.05) is 23.9 Å². The molecule has 0 bridgehead atoms. The monoisotopic (exact) mass is 328 g/mol. The van der Waals surface area contributed by atoms with Crippen molar-refractivity contribution in [1.82, 2.24) is 24.6 Å². The van der Waals surface area contributed by atoms with Gasteiger partial charge >= 0.3 is 0 Å². The summed E-state index contributed by atoms with van der Waals surface area (Å²) in [7, 11) is 4.20. The van der Waals surface area contributed by atoms with E-state index in [2.05, 4.69) is 38.1 Å². The summed E-state index contributed by atoms with van der Waals surface area (Å²) in [6, 6.07) is 4.08. The van der Waals surface area contributed by atoms with Crippen molar-refractivity contribution < 1.29 is 4.74 Å². The minimum atomic E-state index is 0.205. The van der Waals surface area contributed by atoms with Crippen molar-refractivity contribution in [3.8, 4) is 11.5 Å². The smallest absolute Gasteiger partial charge is 0.160 e. The third-order valence-electron chi connectivity index (χ3n) is 5.45. The molecule has 2 aliphatic rings. The van der Waals surface area contributed by atoms with E-state index in [9.17, 15) is 0 Å². The summed E-state index contributed by atoms with van der Waals surface area (Å²) >= 11 is 0. The first-order valence-electron chi connectivity index (χ1n) is 8.53. The molecule has 2 aromatic heterocycles. The van der Waals surface area contributed by atoms with Gasteiger partial charge in [-0.3, -0.25) is 4.90 Å². The van der Waals surface area contributed by atoms with E-state index in [1.54, 1.807) is 6.20 Å². The number of aryl methyl sites for hydroxylation is 1. The number of anilines is 1. The fraction of sp³-hybridized carbons (Fsp3) is 0.588. The van der Waals surface area contributed by atoms with Gasteiger partial charge in [0, 0.05) is 57.8 Å². The molecule has 0 amide bonds. The van der Waals surface area contributed by atoms with Gasteiger partial charge in [0.15, 0.2) is 11.6 Å². The van der Waals surface area contributed by atoms with Gasteiger partial charge < -0.3 is 14.2 Å². The molecule has 24 heavy (non-hydrogen) atoms. The zero-order valence-electron chi connectivity index (χ0n) is 14.4. The Morgan fingerprint density at radius 2 is 1.92 bits per heavy atom. The number of imidazole rings is 1. The van der Waals surface area contributed by atoms with E-state index < -0.39 is 0 Å². The Bertz CT molecular complexity index is 691. The minimum Gasteiger partial charge on any atom is -0.381 e. The lowest BCUT2D eigenvalue weighted by atomic mass is 9.86. The molecule has 0 N–H and O–H groups in total. The van der Waals surface area contributed by atoms with Crippen LogP contribution in [0.5, 0.6) is 0 Å². The van der Waals surface area contributed by atoms with Crippen LogP contribution < -0.4 is 4.90 Å². The second-order valence-corrected chi connectivity index (χ2v) is 6.82. The molecule has 0 atom stereocenters. The van der Waals surface area contributed by atoms with Gasteiger partial charge in [-0.2, -0.15) is 0 Å². The normalized spacial score (nSPS) is 21.3. The van der Waals surface area contributed by atoms with Crippen molar-refractivity contribution in [1.29, 1.82) is 0 Å². The third-order valence-corrected chi connectivity index (χ3v) is 5.45. The number of hydrogen-bond donors (Lipinski definition) is 0. The fourth-order valence-electron chi connectivity index (χ4n) is 3.78. The van der Waals surface area contributed by atoms with Crippen molar-refractivity contribution >= 4 is 5.82 Å². The summed E-state index contributed by atoms with van der Waals surface area (Å²) in [4.78, 5) is 9.20. The highest BCUT2D eigenvalue weighted by Crippen LogP contribution is 2.32. The number of piperazine rings is 1. The van der Waals surface area contributed by atoms with Gasteiger partial charge in [0.25, 0.3) is 0 Å². The van der Waals surface area contributed by atoms with Crippen molar-refractivity contribution in [3.63, 3.8) is 0 Å². The standard InChI is InChI=1S/C17H24N6O/c1-21-8-7-18-16(21)14-3-4-15(20-19-14)23-10-9-22(2)17(13-23)5-11-24-12-6-17/h3-4,7-8H,5-6,9-13H2,1-2H3. The first-order valence-corrected chi connectivity index (χ1v) is 8.53. The Labute approximate surface area is 142 Å². The van der Waals surface area contributed by atoms with Gasteiger partial charge in [0.05, 0.1) is 0 Å². The number of aromatic nitrogens is 4. The summed E-state index contributed by atoms with van der Waals surface area (Å²) < 4.78 is 7.53. The van der Waals surface area contributed by atoms with Gasteiger partial charge in [0.2, 0.25) is 0 Å². The largest absolute Gasteiger partial charge is 0.381 e. The highest BCUT2D eigenvalue weighted by molar-refractivity contribution is 5.52. The molecular weight excluding hydrogens is 304 g/mol. The number of ether oxygens (including phenoxy) is 1. The van der Waals surface area contributed by atoms with Gasteiger partial charge in [-0.05, 0) is 32.0 Å². The fourth-order valence-corrected chi connectivity index (χ4v) is 3.78. The van der Waals surface area contributed by atoms with Crippen molar-refractivity contribution in [2.24, 2.45) is 7.05 Å². The quantitative estimate of drug-likeness (QED) is 0.825. The van der Waals surface area contributed by atoms with Crippen LogP contribution in [-0.4, -0.2) is 70.1 Å². The average molecular weight is 328 g/mol. The van der Waals surface area contributed by atoms with E-state index in [-0.39, 0.29) is 5.54 Å². The lowest BCUT2D eigenvalue weighted by molar-refractivity contribution is -0.0221. The predicted molar refractivity (Wildman–Crippen MR) is 91.9 cm³/mol. The van der Waals surface area contributed by atoms with Crippen LogP contribution in [0.2, 0.25) is 0 Å². The van der Waals surface area contributed by atoms with Crippen molar-refractivity contribution in [2.75, 3.05) is 44.8 Å². The molecule has 2 aliphatic heterocycles. The van der Waals surface area contributed by atoms with Gasteiger partial charge in [-0.25, -0.2) is 4.98 Å². The maximum absolute atomic E-state index is 5.57. The van der Waals surface area contributed by atoms with Crippen molar-refractivity contribution in [2.45, 2.75) is 18.4 Å². The van der Waals surface area contributed by atoms with E-state index in [1.165, 1.54) is 0 Å². The molecule has 7 heteroatoms. The third kappa shape index (κ3) is 2.67. The van der Waals surface area contributed by atoms with Crippen LogP contribution in [0.4, 0.5) is 5.82 Å². The molecule has 0 radical (unpaired) electrons. The van der Waals surface area contributed by atoms with E-state index in [0.717, 1.165) is 63.0 Å². The summed E-state index contributed by atoms with van der Waals surface area (Å²) in [5.74, 6) is 1.79. The van der Waals surface area contributed by atoms with Crippen LogP contribution >= 0.6 is 0 Å². The zero-order valence-corrected chi connectivity index (χ0v) is 14.4. The number of nitrogens with zero attached hydrogens (tertiary/aromatic N) is 6. The van der Waals surface area contributed by atoms with E-state index in [0.29, 0.717) is 0 Å². The molecule has 1 spiro atoms. The minimum absolute atomic E-state index is 0.205. The molecule has 0 aliphatic carbocycles. The Balaban J connectivity index is 1.54. The molecule has 7 nitrogen and oxygen atoms in total. The number of rotatable bonds is 2. The molecule has 0 saturated carbocycles. The Hall–Kier alpha value is -1.99. The van der Waals surface area contributed by atoms with Gasteiger partial charge in [-0.1, -0.05) is 0 Å². The van der Waals surface area contributed by atoms with Gasteiger partial charge in [-0.15, -0.1) is 10.2 Å². The highest BCUT2D eigenvalue weighted by Gasteiger charge is 2.41. The topological polar surface area (TPSA) is 59.3 Å². The average Bonchev–Trinajstić information content (AvgIpc) is 3.05. The number of likely N-dealkylation sites (N-methyl/N-ethyl adjacent to an activating group) is 1. The van der Waals surface area contributed by atoms with E-state index in [4.69, 9.17) is 4.74 Å². The highest BCUT2D eigenvalue weighted by atomic mass is 16.5. The molecular formula is C17H24N6O. The van der Waals surface area contributed by atoms with Crippen LogP contribution in [0.3, 0.4) is 0 Å². The van der Waals surface area contributed by atoms with Crippen LogP contribution in [-0.2, 0) is 11.8 Å². The van der Waals surface area contributed by atoms with Crippen LogP contribution in [0.15, 0.2) is 24.5 Å². The molecule has 2 saturated heterocycles. The molecule has 128 valence electrons. The predicted octanol–water partition coefficient (Wildman–Crippen LogP) is 1.18. The van der Waals surface area contributed by atoms with Gasteiger partial charge in [0.1, 0.15) is 5.69 Å². The lowest BCUT2D eigenvalue weighted by Crippen LogP contribution is -2.63. The molecule has 4 rings (SSSR count). The first kappa shape index (κ1) is 15.5. The zero-order chi connectivity index (χ0) is 16.6. The first-order chi connectivity index (χ1) is 11.7. The number of hydrogen-bond acceptors (Lipinski definition) is 6. The Morgan fingerprint density at radius 1 is 1.08 bits per heavy atom. The summed E-state index contributed by atoms with van der Waals surface area (Å²) in [6.45, 7) is 4.71. The molecule has 4 heterocycles. The summed E-state index contributed by atoms with van der Waals surface area (Å²) in [6.07, 6.45) is 5.86. The van der Waals surface area contributed by atoms with Crippen LogP contribution in [0.25, 0.3) is 11.5 Å². The summed E-state index contributed by atoms with van der Waals surface area (Å²) in [5, 5.41) is 8.87. The molecule has 2 aromatic rings.